The van der Waals surface area contributed by atoms with E-state index in [0.717, 1.165) is 26.5 Å². The van der Waals surface area contributed by atoms with Gasteiger partial charge >= 0.3 is 0 Å². The predicted molar refractivity (Wildman–Crippen MR) is 113 cm³/mol. The first-order chi connectivity index (χ1) is 12.5. The SMILES string of the molecule is Cc1ccc(OCC(=O)NC(=S)Nc2cccc3ccccc23)c(Br)c1. The third-order valence-electron chi connectivity index (χ3n) is 3.74. The highest BCUT2D eigenvalue weighted by atomic mass is 79.9. The summed E-state index contributed by atoms with van der Waals surface area (Å²) in [5.74, 6) is 0.286. The van der Waals surface area contributed by atoms with Crippen LogP contribution in [0.4, 0.5) is 5.69 Å². The molecule has 0 aliphatic heterocycles. The van der Waals surface area contributed by atoms with Gasteiger partial charge in [-0.05, 0) is 64.2 Å². The van der Waals surface area contributed by atoms with E-state index in [2.05, 4.69) is 26.6 Å². The van der Waals surface area contributed by atoms with Crippen molar-refractivity contribution < 1.29 is 9.53 Å². The number of carbonyl (C=O) groups is 1. The molecule has 2 N–H and O–H groups in total. The maximum Gasteiger partial charge on any atom is 0.264 e. The van der Waals surface area contributed by atoms with Crippen LogP contribution in [-0.4, -0.2) is 17.6 Å². The summed E-state index contributed by atoms with van der Waals surface area (Å²) in [6, 6.07) is 19.5. The first kappa shape index (κ1) is 18.4. The van der Waals surface area contributed by atoms with E-state index in [1.165, 1.54) is 0 Å². The summed E-state index contributed by atoms with van der Waals surface area (Å²) in [5.41, 5.74) is 1.95. The lowest BCUT2D eigenvalue weighted by Crippen LogP contribution is -2.37. The van der Waals surface area contributed by atoms with Crippen LogP contribution in [-0.2, 0) is 4.79 Å². The highest BCUT2D eigenvalue weighted by Gasteiger charge is 2.09. The average molecular weight is 429 g/mol. The van der Waals surface area contributed by atoms with Gasteiger partial charge < -0.3 is 10.1 Å². The van der Waals surface area contributed by atoms with Crippen molar-refractivity contribution in [3.05, 3.63) is 70.7 Å². The van der Waals surface area contributed by atoms with Crippen LogP contribution in [0, 0.1) is 6.92 Å². The molecule has 3 aromatic carbocycles. The van der Waals surface area contributed by atoms with Crippen LogP contribution in [0.25, 0.3) is 10.8 Å². The molecule has 26 heavy (non-hydrogen) atoms. The van der Waals surface area contributed by atoms with Crippen molar-refractivity contribution in [3.63, 3.8) is 0 Å². The van der Waals surface area contributed by atoms with Crippen LogP contribution < -0.4 is 15.4 Å². The summed E-state index contributed by atoms with van der Waals surface area (Å²) in [6.07, 6.45) is 0. The molecule has 0 aliphatic rings. The predicted octanol–water partition coefficient (Wildman–Crippen LogP) is 4.80. The lowest BCUT2D eigenvalue weighted by atomic mass is 10.1. The first-order valence-electron chi connectivity index (χ1n) is 8.00. The van der Waals surface area contributed by atoms with Gasteiger partial charge in [-0.25, -0.2) is 0 Å². The van der Waals surface area contributed by atoms with Crippen LogP contribution in [0.5, 0.6) is 5.75 Å². The molecule has 0 atom stereocenters. The van der Waals surface area contributed by atoms with Crippen molar-refractivity contribution in [2.24, 2.45) is 0 Å². The van der Waals surface area contributed by atoms with Crippen LogP contribution in [0.3, 0.4) is 0 Å². The van der Waals surface area contributed by atoms with Crippen LogP contribution in [0.15, 0.2) is 65.1 Å². The number of amides is 1. The van der Waals surface area contributed by atoms with Gasteiger partial charge in [0.15, 0.2) is 11.7 Å². The number of thiocarbonyl (C=S) groups is 1. The van der Waals surface area contributed by atoms with Crippen molar-refractivity contribution in [3.8, 4) is 5.75 Å². The van der Waals surface area contributed by atoms with E-state index in [1.54, 1.807) is 0 Å². The third-order valence-corrected chi connectivity index (χ3v) is 4.56. The number of carbonyl (C=O) groups excluding carboxylic acids is 1. The number of hydrogen-bond donors (Lipinski definition) is 2. The molecule has 0 heterocycles. The molecule has 1 amide bonds. The van der Waals surface area contributed by atoms with Gasteiger partial charge in [-0.1, -0.05) is 42.5 Å². The molecule has 132 valence electrons. The van der Waals surface area contributed by atoms with E-state index in [9.17, 15) is 4.79 Å². The fourth-order valence-corrected chi connectivity index (χ4v) is 3.35. The summed E-state index contributed by atoms with van der Waals surface area (Å²) in [4.78, 5) is 12.1. The molecule has 0 saturated carbocycles. The molecular weight excluding hydrogens is 412 g/mol. The number of ether oxygens (including phenoxy) is 1. The summed E-state index contributed by atoms with van der Waals surface area (Å²) >= 11 is 8.66. The highest BCUT2D eigenvalue weighted by molar-refractivity contribution is 9.10. The van der Waals surface area contributed by atoms with Crippen LogP contribution in [0.2, 0.25) is 0 Å². The van der Waals surface area contributed by atoms with E-state index in [4.69, 9.17) is 17.0 Å². The van der Waals surface area contributed by atoms with E-state index in [0.29, 0.717) is 5.75 Å². The average Bonchev–Trinajstić information content (AvgIpc) is 2.61. The lowest BCUT2D eigenvalue weighted by Gasteiger charge is -2.13. The van der Waals surface area contributed by atoms with Crippen LogP contribution in [0.1, 0.15) is 5.56 Å². The zero-order valence-corrected chi connectivity index (χ0v) is 16.5. The van der Waals surface area contributed by atoms with Gasteiger partial charge in [0.25, 0.3) is 5.91 Å². The monoisotopic (exact) mass is 428 g/mol. The molecule has 0 aliphatic carbocycles. The number of fused-ring (bicyclic) bond motifs is 1. The number of aryl methyl sites for hydroxylation is 1. The molecule has 0 saturated heterocycles. The van der Waals surface area contributed by atoms with Crippen LogP contribution >= 0.6 is 28.1 Å². The largest absolute Gasteiger partial charge is 0.483 e. The molecule has 0 radical (unpaired) electrons. The zero-order valence-electron chi connectivity index (χ0n) is 14.1. The molecule has 0 spiro atoms. The number of halogens is 1. The van der Waals surface area contributed by atoms with Crippen molar-refractivity contribution in [2.45, 2.75) is 6.92 Å². The summed E-state index contributed by atoms with van der Waals surface area (Å²) in [6.45, 7) is 1.86. The fourth-order valence-electron chi connectivity index (χ4n) is 2.52. The Bertz CT molecular complexity index is 970. The Labute approximate surface area is 165 Å². The molecule has 6 heteroatoms. The van der Waals surface area contributed by atoms with Crippen molar-refractivity contribution in [1.29, 1.82) is 0 Å². The molecular formula is C20H17BrN2O2S. The third kappa shape index (κ3) is 4.59. The minimum absolute atomic E-state index is 0.126. The summed E-state index contributed by atoms with van der Waals surface area (Å²) in [5, 5.41) is 8.07. The summed E-state index contributed by atoms with van der Waals surface area (Å²) in [7, 11) is 0. The van der Waals surface area contributed by atoms with Gasteiger partial charge in [0.05, 0.1) is 4.47 Å². The van der Waals surface area contributed by atoms with Crippen molar-refractivity contribution >= 4 is 55.6 Å². The van der Waals surface area contributed by atoms with E-state index >= 15 is 0 Å². The highest BCUT2D eigenvalue weighted by Crippen LogP contribution is 2.25. The summed E-state index contributed by atoms with van der Waals surface area (Å²) < 4.78 is 6.34. The first-order valence-corrected chi connectivity index (χ1v) is 9.20. The molecule has 4 nitrogen and oxygen atoms in total. The second kappa shape index (κ2) is 8.29. The minimum Gasteiger partial charge on any atom is -0.483 e. The van der Waals surface area contributed by atoms with Crippen molar-refractivity contribution in [2.75, 3.05) is 11.9 Å². The minimum atomic E-state index is -0.324. The molecule has 3 rings (SSSR count). The molecule has 0 fully saturated rings. The number of benzene rings is 3. The Morgan fingerprint density at radius 1 is 1.12 bits per heavy atom. The molecule has 0 unspecified atom stereocenters. The Kier molecular flexibility index (Phi) is 5.85. The Balaban J connectivity index is 1.58. The smallest absolute Gasteiger partial charge is 0.264 e. The number of nitrogens with one attached hydrogen (secondary N) is 2. The molecule has 0 bridgehead atoms. The lowest BCUT2D eigenvalue weighted by molar-refractivity contribution is -0.121. The number of anilines is 1. The van der Waals surface area contributed by atoms with Gasteiger partial charge in [-0.15, -0.1) is 0 Å². The van der Waals surface area contributed by atoms with Gasteiger partial charge in [0.2, 0.25) is 0 Å². The fraction of sp³-hybridized carbons (Fsp3) is 0.100. The van der Waals surface area contributed by atoms with Gasteiger partial charge in [-0.2, -0.15) is 0 Å². The Hall–Kier alpha value is -2.44. The second-order valence-electron chi connectivity index (χ2n) is 5.75. The maximum atomic E-state index is 12.1. The standard InChI is InChI=1S/C20H17BrN2O2S/c1-13-9-10-18(16(21)11-13)25-12-19(24)23-20(26)22-17-8-4-6-14-5-2-3-7-15(14)17/h2-11H,12H2,1H3,(H2,22,23,24,26). The van der Waals surface area contributed by atoms with E-state index in [1.807, 2.05) is 67.6 Å². The Morgan fingerprint density at radius 3 is 2.69 bits per heavy atom. The van der Waals surface area contributed by atoms with E-state index < -0.39 is 0 Å². The number of rotatable bonds is 4. The molecule has 3 aromatic rings. The maximum absolute atomic E-state index is 12.1. The number of hydrogen-bond acceptors (Lipinski definition) is 3. The van der Waals surface area contributed by atoms with Gasteiger partial charge in [0.1, 0.15) is 5.75 Å². The molecule has 0 aromatic heterocycles. The normalized spacial score (nSPS) is 10.4. The topological polar surface area (TPSA) is 50.4 Å². The van der Waals surface area contributed by atoms with E-state index in [-0.39, 0.29) is 17.6 Å². The van der Waals surface area contributed by atoms with Gasteiger partial charge in [-0.3, -0.25) is 10.1 Å². The zero-order chi connectivity index (χ0) is 18.5. The van der Waals surface area contributed by atoms with Gasteiger partial charge in [0, 0.05) is 11.1 Å². The second-order valence-corrected chi connectivity index (χ2v) is 7.01. The quantitative estimate of drug-likeness (QED) is 0.585. The van der Waals surface area contributed by atoms with Crippen molar-refractivity contribution in [1.82, 2.24) is 5.32 Å². The Morgan fingerprint density at radius 2 is 1.88 bits per heavy atom.